The summed E-state index contributed by atoms with van der Waals surface area (Å²) >= 11 is 0.955. The third-order valence-corrected chi connectivity index (χ3v) is 9.83. The fourth-order valence-corrected chi connectivity index (χ4v) is 7.12. The van der Waals surface area contributed by atoms with E-state index < -0.39 is 156 Å². The smallest absolute Gasteiger partial charge is 0.207 e. The summed E-state index contributed by atoms with van der Waals surface area (Å²) in [7, 11) is 0. The normalized spacial score (nSPS) is 11.5. The van der Waals surface area contributed by atoms with E-state index in [1.807, 2.05) is 30.3 Å². The highest BCUT2D eigenvalue weighted by Crippen LogP contribution is 2.31. The summed E-state index contributed by atoms with van der Waals surface area (Å²) in [5.41, 5.74) is -13.4. The Morgan fingerprint density at radius 3 is 0.903 bits per heavy atom. The van der Waals surface area contributed by atoms with Crippen molar-refractivity contribution in [2.75, 3.05) is 0 Å². The van der Waals surface area contributed by atoms with Gasteiger partial charge in [-0.25, -0.2) is 87.8 Å². The van der Waals surface area contributed by atoms with Gasteiger partial charge in [0.25, 0.3) is 5.83 Å². The van der Waals surface area contributed by atoms with E-state index in [2.05, 4.69) is 0 Å². The van der Waals surface area contributed by atoms with Crippen LogP contribution in [-0.4, -0.2) is 6.15 Å². The fourth-order valence-electron chi connectivity index (χ4n) is 6.34. The average Bonchev–Trinajstić information content (AvgIpc) is 3.71. The molecule has 0 atom stereocenters. The van der Waals surface area contributed by atoms with Crippen molar-refractivity contribution in [3.63, 3.8) is 0 Å². The second-order valence-corrected chi connectivity index (χ2v) is 13.1. The Balaban J connectivity index is 0.000000355. The Morgan fingerprint density at radius 2 is 0.645 bits per heavy atom. The molecular formula is C36H9BF23NS. The molecule has 0 saturated carbocycles. The Morgan fingerprint density at radius 1 is 0.387 bits per heavy atom. The maximum absolute atomic E-state index is 15.4. The third kappa shape index (κ3) is 7.29. The standard InChI is InChI=1S/C24BF20.C12H9F3NS/c26-5-1(6(27)14(35)21(42)13(5)34)25(2-7(28)15(36)22(43)16(37)8(2)29,3-9(30)17(38)23(44)18(39)10(3)31)4-11(32)19(40)24(45)20(41)12(4)33;13-10(11(14)15)12-16(6-7-17-12)8-9-4-2-1-3-5-9/h;1-7H,8H2/q-1;+1. The first-order chi connectivity index (χ1) is 28.9. The van der Waals surface area contributed by atoms with Crippen LogP contribution in [0.3, 0.4) is 0 Å². The summed E-state index contributed by atoms with van der Waals surface area (Å²) in [6, 6.07) is 9.29. The first kappa shape index (κ1) is 47.0. The van der Waals surface area contributed by atoms with Crippen LogP contribution in [0.4, 0.5) is 101 Å². The van der Waals surface area contributed by atoms with Crippen LogP contribution >= 0.6 is 11.3 Å². The highest BCUT2D eigenvalue weighted by molar-refractivity contribution is 7.20. The molecule has 0 unspecified atom stereocenters. The van der Waals surface area contributed by atoms with Crippen LogP contribution in [0.15, 0.2) is 48.0 Å². The van der Waals surface area contributed by atoms with Crippen LogP contribution < -0.4 is 26.4 Å². The Bertz CT molecular complexity index is 2420. The van der Waals surface area contributed by atoms with Gasteiger partial charge in [0.15, 0.2) is 82.5 Å². The average molecular weight is 935 g/mol. The van der Waals surface area contributed by atoms with Gasteiger partial charge in [-0.2, -0.15) is 17.7 Å². The van der Waals surface area contributed by atoms with Crippen molar-refractivity contribution in [3.8, 4) is 0 Å². The molecule has 6 aromatic rings. The lowest BCUT2D eigenvalue weighted by Gasteiger charge is -2.44. The highest BCUT2D eigenvalue weighted by Gasteiger charge is 2.52. The van der Waals surface area contributed by atoms with Crippen LogP contribution in [0, 0.1) is 116 Å². The van der Waals surface area contributed by atoms with Gasteiger partial charge in [0.05, 0.1) is 5.38 Å². The number of rotatable bonds is 7. The van der Waals surface area contributed by atoms with E-state index in [9.17, 15) is 65.9 Å². The zero-order valence-electron chi connectivity index (χ0n) is 28.9. The van der Waals surface area contributed by atoms with Crippen molar-refractivity contribution in [2.24, 2.45) is 0 Å². The lowest BCUT2D eigenvalue weighted by Crippen LogP contribution is -2.81. The molecule has 5 aromatic carbocycles. The van der Waals surface area contributed by atoms with Gasteiger partial charge >= 0.3 is 11.1 Å². The van der Waals surface area contributed by atoms with Crippen molar-refractivity contribution < 1.29 is 106 Å². The molecule has 62 heavy (non-hydrogen) atoms. The lowest BCUT2D eigenvalue weighted by molar-refractivity contribution is -0.686. The van der Waals surface area contributed by atoms with Crippen LogP contribution in [0.1, 0.15) is 10.6 Å². The number of nitrogens with zero attached hydrogens (tertiary/aromatic N) is 1. The quantitative estimate of drug-likeness (QED) is 0.0495. The minimum absolute atomic E-state index is 0.0612. The second kappa shape index (κ2) is 17.4. The van der Waals surface area contributed by atoms with Crippen LogP contribution in [-0.2, 0) is 6.54 Å². The van der Waals surface area contributed by atoms with Crippen molar-refractivity contribution in [1.29, 1.82) is 0 Å². The van der Waals surface area contributed by atoms with Gasteiger partial charge in [0, 0.05) is 5.56 Å². The van der Waals surface area contributed by atoms with Gasteiger partial charge < -0.3 is 0 Å². The number of hydrogen-bond acceptors (Lipinski definition) is 1. The maximum atomic E-state index is 15.4. The predicted molar refractivity (Wildman–Crippen MR) is 170 cm³/mol. The van der Waals surface area contributed by atoms with E-state index in [-0.39, 0.29) is 5.01 Å². The van der Waals surface area contributed by atoms with E-state index in [0.29, 0.717) is 6.54 Å². The van der Waals surface area contributed by atoms with Gasteiger partial charge in [-0.3, -0.25) is 0 Å². The van der Waals surface area contributed by atoms with E-state index in [1.54, 1.807) is 11.6 Å². The van der Waals surface area contributed by atoms with E-state index in [4.69, 9.17) is 0 Å². The summed E-state index contributed by atoms with van der Waals surface area (Å²) in [6.45, 7) is 0.375. The molecular weight excluding hydrogens is 926 g/mol. The zero-order valence-corrected chi connectivity index (χ0v) is 29.7. The summed E-state index contributed by atoms with van der Waals surface area (Å²) in [4.78, 5) is 0. The number of hydrogen-bond donors (Lipinski definition) is 0. The molecule has 0 N–H and O–H groups in total. The molecule has 1 aromatic heterocycles. The first-order valence-corrected chi connectivity index (χ1v) is 16.7. The summed E-state index contributed by atoms with van der Waals surface area (Å²) in [5, 5.41) is 1.52. The highest BCUT2D eigenvalue weighted by atomic mass is 32.1. The minimum atomic E-state index is -7.22. The molecule has 0 fully saturated rings. The van der Waals surface area contributed by atoms with E-state index in [0.717, 1.165) is 16.9 Å². The molecule has 0 aliphatic carbocycles. The van der Waals surface area contributed by atoms with Crippen molar-refractivity contribution in [1.82, 2.24) is 0 Å². The first-order valence-electron chi connectivity index (χ1n) is 15.8. The molecule has 0 amide bonds. The Labute approximate surface area is 332 Å². The molecule has 0 aliphatic rings. The van der Waals surface area contributed by atoms with Crippen LogP contribution in [0.2, 0.25) is 0 Å². The van der Waals surface area contributed by atoms with Crippen LogP contribution in [0.25, 0.3) is 5.83 Å². The van der Waals surface area contributed by atoms with Crippen molar-refractivity contribution in [2.45, 2.75) is 6.54 Å². The Hall–Kier alpha value is -6.08. The van der Waals surface area contributed by atoms with E-state index in [1.165, 1.54) is 4.57 Å². The van der Waals surface area contributed by atoms with Gasteiger partial charge in [-0.05, 0) is 0 Å². The number of aromatic nitrogens is 1. The van der Waals surface area contributed by atoms with E-state index >= 15 is 35.1 Å². The zero-order chi connectivity index (χ0) is 46.6. The molecule has 26 heteroatoms. The fraction of sp³-hybridized carbons (Fsp3) is 0.0278. The SMILES string of the molecule is FC(F)=C(F)c1scc[n+]1Cc1ccccc1.Fc1c(F)c(F)c([B-](c2c(F)c(F)c(F)c(F)c2F)(c2c(F)c(F)c(F)c(F)c2F)c2c(F)c(F)c(F)c(F)c2F)c(F)c1F. The molecule has 0 radical (unpaired) electrons. The summed E-state index contributed by atoms with van der Waals surface area (Å²) in [5.74, 6) is -72.9. The van der Waals surface area contributed by atoms with Gasteiger partial charge in [-0.15, -0.1) is 21.9 Å². The molecule has 6 rings (SSSR count). The Kier molecular flexibility index (Phi) is 13.2. The second-order valence-electron chi connectivity index (χ2n) is 12.2. The summed E-state index contributed by atoms with van der Waals surface area (Å²) < 4.78 is 333. The molecule has 1 nitrogen and oxygen atoms in total. The summed E-state index contributed by atoms with van der Waals surface area (Å²) in [6.07, 6.45) is -7.91. The third-order valence-electron chi connectivity index (χ3n) is 8.94. The molecule has 0 saturated heterocycles. The molecule has 328 valence electrons. The topological polar surface area (TPSA) is 3.88 Å². The van der Waals surface area contributed by atoms with Crippen LogP contribution in [0.5, 0.6) is 0 Å². The van der Waals surface area contributed by atoms with Gasteiger partial charge in [0.1, 0.15) is 52.7 Å². The monoisotopic (exact) mass is 935 g/mol. The van der Waals surface area contributed by atoms with Crippen molar-refractivity contribution >= 4 is 45.2 Å². The van der Waals surface area contributed by atoms with Gasteiger partial charge in [-0.1, -0.05) is 41.7 Å². The minimum Gasteiger partial charge on any atom is -0.207 e. The molecule has 0 spiro atoms. The predicted octanol–water partition coefficient (Wildman–Crippen LogP) is 9.46. The number of benzene rings is 5. The number of thiazole rings is 1. The van der Waals surface area contributed by atoms with Crippen molar-refractivity contribution in [3.05, 3.63) is 175 Å². The maximum Gasteiger partial charge on any atom is 0.313 e. The lowest BCUT2D eigenvalue weighted by atomic mass is 9.12. The van der Waals surface area contributed by atoms with Gasteiger partial charge in [0.2, 0.25) is 0 Å². The molecule has 1 heterocycles. The number of halogens is 23. The largest absolute Gasteiger partial charge is 0.313 e. The molecule has 0 aliphatic heterocycles. The molecule has 0 bridgehead atoms.